The third-order valence-electron chi connectivity index (χ3n) is 4.20. The highest BCUT2D eigenvalue weighted by Gasteiger charge is 2.11. The largest absolute Gasteiger partial charge is 0.493 e. The minimum absolute atomic E-state index is 0.260. The van der Waals surface area contributed by atoms with Gasteiger partial charge in [0.15, 0.2) is 11.5 Å². The average molecular weight is 418 g/mol. The van der Waals surface area contributed by atoms with E-state index in [0.717, 1.165) is 35.0 Å². The van der Waals surface area contributed by atoms with Crippen LogP contribution >= 0.6 is 11.8 Å². The third-order valence-corrected chi connectivity index (χ3v) is 5.30. The van der Waals surface area contributed by atoms with Gasteiger partial charge in [-0.2, -0.15) is 0 Å². The summed E-state index contributed by atoms with van der Waals surface area (Å²) in [7, 11) is 3.45. The number of nitrogens with zero attached hydrogens (tertiary/aromatic N) is 4. The summed E-state index contributed by atoms with van der Waals surface area (Å²) in [5.74, 6) is 2.04. The van der Waals surface area contributed by atoms with Gasteiger partial charge in [0, 0.05) is 24.9 Å². The number of halogens is 1. The Hall–Kier alpha value is -2.65. The van der Waals surface area contributed by atoms with E-state index in [-0.39, 0.29) is 5.82 Å². The Labute approximate surface area is 173 Å². The predicted molar refractivity (Wildman–Crippen MR) is 110 cm³/mol. The Morgan fingerprint density at radius 2 is 2.00 bits per heavy atom. The monoisotopic (exact) mass is 417 g/mol. The molecule has 0 fully saturated rings. The van der Waals surface area contributed by atoms with Crippen molar-refractivity contribution in [2.75, 3.05) is 19.4 Å². The van der Waals surface area contributed by atoms with Crippen molar-refractivity contribution in [3.8, 4) is 11.5 Å². The second-order valence-corrected chi connectivity index (χ2v) is 7.39. The van der Waals surface area contributed by atoms with Gasteiger partial charge in [0.05, 0.1) is 7.11 Å². The lowest BCUT2D eigenvalue weighted by Gasteiger charge is -2.16. The minimum Gasteiger partial charge on any atom is -0.493 e. The maximum atomic E-state index is 13.1. The molecule has 0 aliphatic rings. The van der Waals surface area contributed by atoms with Crippen molar-refractivity contribution >= 4 is 11.8 Å². The number of ether oxygens (including phenoxy) is 2. The normalized spacial score (nSPS) is 10.9. The van der Waals surface area contributed by atoms with E-state index in [1.54, 1.807) is 35.7 Å². The Morgan fingerprint density at radius 3 is 2.72 bits per heavy atom. The first-order chi connectivity index (χ1) is 14.2. The summed E-state index contributed by atoms with van der Waals surface area (Å²) in [6.07, 6.45) is 0.979. The van der Waals surface area contributed by atoms with Gasteiger partial charge in [0.1, 0.15) is 12.4 Å². The minimum atomic E-state index is -0.260. The number of rotatable bonds is 11. The van der Waals surface area contributed by atoms with Crippen molar-refractivity contribution in [1.82, 2.24) is 25.5 Å². The van der Waals surface area contributed by atoms with Gasteiger partial charge in [-0.1, -0.05) is 36.0 Å². The number of nitrogens with one attached hydrogen (secondary N) is 1. The molecule has 2 aromatic carbocycles. The van der Waals surface area contributed by atoms with Gasteiger partial charge in [-0.15, -0.1) is 5.10 Å². The highest BCUT2D eigenvalue weighted by Crippen LogP contribution is 2.31. The number of methoxy groups -OCH3 is 1. The summed E-state index contributed by atoms with van der Waals surface area (Å²) in [5.41, 5.74) is 1.91. The second-order valence-electron chi connectivity index (χ2n) is 6.33. The molecule has 29 heavy (non-hydrogen) atoms. The lowest BCUT2D eigenvalue weighted by Crippen LogP contribution is -2.16. The fraction of sp³-hybridized carbons (Fsp3) is 0.350. The van der Waals surface area contributed by atoms with Crippen LogP contribution in [0.25, 0.3) is 0 Å². The number of benzene rings is 2. The quantitative estimate of drug-likeness (QED) is 0.379. The Morgan fingerprint density at radius 1 is 1.17 bits per heavy atom. The van der Waals surface area contributed by atoms with Crippen LogP contribution in [0.15, 0.2) is 47.6 Å². The highest BCUT2D eigenvalue weighted by atomic mass is 32.2. The molecule has 1 heterocycles. The predicted octanol–water partition coefficient (Wildman–Crippen LogP) is 3.21. The summed E-state index contributed by atoms with van der Waals surface area (Å²) >= 11 is 1.63. The van der Waals surface area contributed by atoms with E-state index in [1.165, 1.54) is 12.1 Å². The van der Waals surface area contributed by atoms with E-state index in [1.807, 2.05) is 25.2 Å². The van der Waals surface area contributed by atoms with Gasteiger partial charge >= 0.3 is 0 Å². The van der Waals surface area contributed by atoms with Crippen molar-refractivity contribution in [3.63, 3.8) is 0 Å². The molecule has 0 bridgehead atoms. The molecule has 9 heteroatoms. The van der Waals surface area contributed by atoms with Crippen molar-refractivity contribution in [2.24, 2.45) is 7.05 Å². The molecule has 0 spiro atoms. The van der Waals surface area contributed by atoms with Crippen LogP contribution in [0, 0.1) is 5.82 Å². The molecule has 0 aliphatic carbocycles. The second kappa shape index (κ2) is 10.8. The molecule has 0 radical (unpaired) electrons. The molecular formula is C20H24FN5O2S. The fourth-order valence-corrected chi connectivity index (χ4v) is 3.48. The zero-order valence-electron chi connectivity index (χ0n) is 16.5. The van der Waals surface area contributed by atoms with Gasteiger partial charge in [0.25, 0.3) is 0 Å². The summed E-state index contributed by atoms with van der Waals surface area (Å²) in [6.45, 7) is 1.86. The van der Waals surface area contributed by atoms with E-state index < -0.39 is 0 Å². The zero-order chi connectivity index (χ0) is 20.5. The van der Waals surface area contributed by atoms with Crippen molar-refractivity contribution < 1.29 is 13.9 Å². The molecule has 0 aliphatic heterocycles. The van der Waals surface area contributed by atoms with Crippen LogP contribution in [0.1, 0.15) is 17.5 Å². The van der Waals surface area contributed by atoms with Crippen LogP contribution in [-0.4, -0.2) is 39.6 Å². The highest BCUT2D eigenvalue weighted by molar-refractivity contribution is 7.99. The number of tetrazole rings is 1. The van der Waals surface area contributed by atoms with E-state index in [9.17, 15) is 4.39 Å². The van der Waals surface area contributed by atoms with E-state index >= 15 is 0 Å². The van der Waals surface area contributed by atoms with Gasteiger partial charge in [-0.3, -0.25) is 0 Å². The first-order valence-electron chi connectivity index (χ1n) is 9.26. The smallest absolute Gasteiger partial charge is 0.209 e. The molecule has 0 amide bonds. The number of aromatic nitrogens is 4. The average Bonchev–Trinajstić information content (AvgIpc) is 3.15. The molecule has 0 unspecified atom stereocenters. The van der Waals surface area contributed by atoms with Crippen molar-refractivity contribution in [3.05, 3.63) is 59.4 Å². The first kappa shape index (κ1) is 21.1. The standard InChI is InChI=1S/C20H24FN5O2S/c1-26-20(23-24-25-26)29-12-4-11-22-13-16-5-3-6-18(27-2)19(16)28-14-15-7-9-17(21)10-8-15/h3,5-10,22H,4,11-14H2,1-2H3. The number of hydrogen-bond acceptors (Lipinski definition) is 7. The van der Waals surface area contributed by atoms with Crippen molar-refractivity contribution in [2.45, 2.75) is 24.7 Å². The first-order valence-corrected chi connectivity index (χ1v) is 10.2. The summed E-state index contributed by atoms with van der Waals surface area (Å²) in [4.78, 5) is 0. The van der Waals surface area contributed by atoms with E-state index in [2.05, 4.69) is 20.8 Å². The molecule has 0 saturated carbocycles. The van der Waals surface area contributed by atoms with E-state index in [0.29, 0.717) is 24.7 Å². The lowest BCUT2D eigenvalue weighted by molar-refractivity contribution is 0.280. The Kier molecular flexibility index (Phi) is 7.83. The maximum Gasteiger partial charge on any atom is 0.209 e. The molecule has 0 atom stereocenters. The van der Waals surface area contributed by atoms with Gasteiger partial charge < -0.3 is 14.8 Å². The SMILES string of the molecule is COc1cccc(CNCCCSc2nnnn2C)c1OCc1ccc(F)cc1. The van der Waals surface area contributed by atoms with Gasteiger partial charge in [-0.25, -0.2) is 9.07 Å². The molecule has 3 aromatic rings. The third kappa shape index (κ3) is 6.16. The topological polar surface area (TPSA) is 74.1 Å². The van der Waals surface area contributed by atoms with Gasteiger partial charge in [0.2, 0.25) is 5.16 Å². The number of para-hydroxylation sites is 1. The van der Waals surface area contributed by atoms with Crippen LogP contribution in [0.4, 0.5) is 4.39 Å². The summed E-state index contributed by atoms with van der Waals surface area (Å²) in [5, 5.41) is 15.7. The zero-order valence-corrected chi connectivity index (χ0v) is 17.3. The molecule has 1 aromatic heterocycles. The lowest BCUT2D eigenvalue weighted by atomic mass is 10.1. The molecule has 0 saturated heterocycles. The van der Waals surface area contributed by atoms with Crippen molar-refractivity contribution in [1.29, 1.82) is 0 Å². The van der Waals surface area contributed by atoms with Crippen LogP contribution in [0.3, 0.4) is 0 Å². The van der Waals surface area contributed by atoms with Crippen LogP contribution < -0.4 is 14.8 Å². The Balaban J connectivity index is 1.50. The number of thioether (sulfide) groups is 1. The van der Waals surface area contributed by atoms with Gasteiger partial charge in [-0.05, 0) is 47.2 Å². The molecule has 1 N–H and O–H groups in total. The molecule has 154 valence electrons. The summed E-state index contributed by atoms with van der Waals surface area (Å²) in [6, 6.07) is 12.1. The van der Waals surface area contributed by atoms with Crippen LogP contribution in [0.2, 0.25) is 0 Å². The number of hydrogen-bond donors (Lipinski definition) is 1. The molecular weight excluding hydrogens is 393 g/mol. The van der Waals surface area contributed by atoms with Crippen LogP contribution in [-0.2, 0) is 20.2 Å². The number of aryl methyl sites for hydroxylation is 1. The van der Waals surface area contributed by atoms with E-state index in [4.69, 9.17) is 9.47 Å². The molecule has 7 nitrogen and oxygen atoms in total. The fourth-order valence-electron chi connectivity index (χ4n) is 2.69. The molecule has 3 rings (SSSR count). The summed E-state index contributed by atoms with van der Waals surface area (Å²) < 4.78 is 26.2. The maximum absolute atomic E-state index is 13.1. The van der Waals surface area contributed by atoms with Crippen LogP contribution in [0.5, 0.6) is 11.5 Å². The Bertz CT molecular complexity index is 904.